The number of nitrogens with zero attached hydrogens (tertiary/aromatic N) is 1. The van der Waals surface area contributed by atoms with Gasteiger partial charge in [0.05, 0.1) is 6.42 Å². The van der Waals surface area contributed by atoms with Crippen molar-refractivity contribution < 1.29 is 14.7 Å². The Labute approximate surface area is 109 Å². The summed E-state index contributed by atoms with van der Waals surface area (Å²) < 4.78 is 0. The number of aliphatic carboxylic acids is 1. The third-order valence-electron chi connectivity index (χ3n) is 2.89. The molecule has 1 aliphatic rings. The molecule has 1 fully saturated rings. The third-order valence-corrected chi connectivity index (χ3v) is 3.10. The number of halogens is 1. The third kappa shape index (κ3) is 3.43. The normalized spacial score (nSPS) is 16.1. The van der Waals surface area contributed by atoms with E-state index in [1.54, 1.807) is 6.07 Å². The Kier molecular flexibility index (Phi) is 3.81. The smallest absolute Gasteiger partial charge is 0.305 e. The van der Waals surface area contributed by atoms with Gasteiger partial charge in [0.25, 0.3) is 5.91 Å². The van der Waals surface area contributed by atoms with Crippen LogP contribution >= 0.6 is 11.6 Å². The molecule has 1 aromatic heterocycles. The number of rotatable bonds is 5. The summed E-state index contributed by atoms with van der Waals surface area (Å²) in [6, 6.07) is 2.70. The first-order valence-electron chi connectivity index (χ1n) is 5.70. The van der Waals surface area contributed by atoms with Gasteiger partial charge in [-0.3, -0.25) is 9.59 Å². The van der Waals surface area contributed by atoms with Crippen molar-refractivity contribution in [1.29, 1.82) is 0 Å². The second-order valence-electron chi connectivity index (χ2n) is 4.38. The van der Waals surface area contributed by atoms with Gasteiger partial charge in [0.1, 0.15) is 5.15 Å². The van der Waals surface area contributed by atoms with Crippen molar-refractivity contribution in [1.82, 2.24) is 10.3 Å². The molecule has 0 aromatic carbocycles. The highest BCUT2D eigenvalue weighted by Gasteiger charge is 2.33. The van der Waals surface area contributed by atoms with Gasteiger partial charge in [-0.05, 0) is 30.9 Å². The summed E-state index contributed by atoms with van der Waals surface area (Å²) in [6.07, 6.45) is 3.33. The molecule has 18 heavy (non-hydrogen) atoms. The summed E-state index contributed by atoms with van der Waals surface area (Å²) in [7, 11) is 0. The average molecular weight is 269 g/mol. The highest BCUT2D eigenvalue weighted by atomic mass is 35.5. The van der Waals surface area contributed by atoms with E-state index >= 15 is 0 Å². The van der Waals surface area contributed by atoms with Gasteiger partial charge in [-0.25, -0.2) is 4.98 Å². The summed E-state index contributed by atoms with van der Waals surface area (Å²) in [5.41, 5.74) is 0.394. The molecule has 0 bridgehead atoms. The number of carboxylic acids is 1. The molecule has 1 saturated carbocycles. The van der Waals surface area contributed by atoms with Crippen LogP contribution < -0.4 is 5.32 Å². The van der Waals surface area contributed by atoms with Gasteiger partial charge in [0, 0.05) is 17.8 Å². The maximum Gasteiger partial charge on any atom is 0.305 e. The van der Waals surface area contributed by atoms with E-state index in [0.29, 0.717) is 5.56 Å². The number of hydrogen-bond acceptors (Lipinski definition) is 3. The Bertz CT molecular complexity index is 474. The lowest BCUT2D eigenvalue weighted by atomic mass is 10.1. The number of nitrogens with one attached hydrogen (secondary N) is 1. The van der Waals surface area contributed by atoms with Crippen LogP contribution in [0.15, 0.2) is 18.3 Å². The molecule has 1 amide bonds. The molecular weight excluding hydrogens is 256 g/mol. The largest absolute Gasteiger partial charge is 0.481 e. The predicted molar refractivity (Wildman–Crippen MR) is 65.5 cm³/mol. The lowest BCUT2D eigenvalue weighted by molar-refractivity contribution is -0.137. The Balaban J connectivity index is 2.02. The first-order chi connectivity index (χ1) is 8.56. The first kappa shape index (κ1) is 12.8. The second kappa shape index (κ2) is 5.35. The zero-order valence-corrected chi connectivity index (χ0v) is 10.4. The van der Waals surface area contributed by atoms with Crippen LogP contribution in [0, 0.1) is 5.92 Å². The molecule has 1 aromatic rings. The summed E-state index contributed by atoms with van der Waals surface area (Å²) in [5.74, 6) is -0.931. The van der Waals surface area contributed by atoms with Crippen molar-refractivity contribution in [2.24, 2.45) is 5.92 Å². The van der Waals surface area contributed by atoms with Gasteiger partial charge in [0.2, 0.25) is 0 Å². The topological polar surface area (TPSA) is 79.3 Å². The van der Waals surface area contributed by atoms with E-state index < -0.39 is 5.97 Å². The standard InChI is InChI=1S/C12H13ClN2O3/c13-10-5-8(3-4-14-10)12(18)15-9(6-11(16)17)7-1-2-7/h3-5,7,9H,1-2,6H2,(H,15,18)(H,16,17). The Morgan fingerprint density at radius 2 is 2.28 bits per heavy atom. The average Bonchev–Trinajstić information content (AvgIpc) is 3.11. The van der Waals surface area contributed by atoms with E-state index in [1.165, 1.54) is 12.3 Å². The predicted octanol–water partition coefficient (Wildman–Crippen LogP) is 1.72. The van der Waals surface area contributed by atoms with Crippen LogP contribution in [0.1, 0.15) is 29.6 Å². The van der Waals surface area contributed by atoms with Gasteiger partial charge >= 0.3 is 5.97 Å². The molecular formula is C12H13ClN2O3. The summed E-state index contributed by atoms with van der Waals surface area (Å²) in [4.78, 5) is 26.5. The summed E-state index contributed by atoms with van der Waals surface area (Å²) >= 11 is 5.70. The minimum Gasteiger partial charge on any atom is -0.481 e. The zero-order chi connectivity index (χ0) is 13.1. The fourth-order valence-electron chi connectivity index (χ4n) is 1.82. The van der Waals surface area contributed by atoms with Crippen molar-refractivity contribution in [3.63, 3.8) is 0 Å². The van der Waals surface area contributed by atoms with E-state index in [-0.39, 0.29) is 29.4 Å². The van der Waals surface area contributed by atoms with Gasteiger partial charge in [-0.2, -0.15) is 0 Å². The molecule has 6 heteroatoms. The maximum atomic E-state index is 11.9. The Morgan fingerprint density at radius 3 is 2.83 bits per heavy atom. The molecule has 0 saturated heterocycles. The minimum absolute atomic E-state index is 0.0464. The number of amides is 1. The summed E-state index contributed by atoms with van der Waals surface area (Å²) in [5, 5.41) is 11.8. The molecule has 2 N–H and O–H groups in total. The highest BCUT2D eigenvalue weighted by molar-refractivity contribution is 6.29. The molecule has 5 nitrogen and oxygen atoms in total. The summed E-state index contributed by atoms with van der Waals surface area (Å²) in [6.45, 7) is 0. The Hall–Kier alpha value is -1.62. The van der Waals surface area contributed by atoms with Crippen molar-refractivity contribution in [3.8, 4) is 0 Å². The van der Waals surface area contributed by atoms with E-state index in [2.05, 4.69) is 10.3 Å². The monoisotopic (exact) mass is 268 g/mol. The van der Waals surface area contributed by atoms with Crippen LogP contribution in [-0.4, -0.2) is 28.0 Å². The van der Waals surface area contributed by atoms with Crippen molar-refractivity contribution in [3.05, 3.63) is 29.0 Å². The lowest BCUT2D eigenvalue weighted by Crippen LogP contribution is -2.38. The van der Waals surface area contributed by atoms with Crippen LogP contribution in [0.4, 0.5) is 0 Å². The molecule has 1 unspecified atom stereocenters. The van der Waals surface area contributed by atoms with Crippen LogP contribution in [0.25, 0.3) is 0 Å². The quantitative estimate of drug-likeness (QED) is 0.797. The molecule has 96 valence electrons. The zero-order valence-electron chi connectivity index (χ0n) is 9.60. The molecule has 2 rings (SSSR count). The highest BCUT2D eigenvalue weighted by Crippen LogP contribution is 2.34. The minimum atomic E-state index is -0.903. The van der Waals surface area contributed by atoms with E-state index in [4.69, 9.17) is 16.7 Å². The van der Waals surface area contributed by atoms with Gasteiger partial charge < -0.3 is 10.4 Å². The molecule has 1 heterocycles. The van der Waals surface area contributed by atoms with Crippen LogP contribution in [0.2, 0.25) is 5.15 Å². The van der Waals surface area contributed by atoms with E-state index in [1.807, 2.05) is 0 Å². The number of pyridine rings is 1. The number of carboxylic acid groups (broad SMARTS) is 1. The number of carbonyl (C=O) groups excluding carboxylic acids is 1. The molecule has 1 aliphatic carbocycles. The molecule has 0 spiro atoms. The fourth-order valence-corrected chi connectivity index (χ4v) is 1.99. The van der Waals surface area contributed by atoms with Gasteiger partial charge in [-0.1, -0.05) is 11.6 Å². The number of carbonyl (C=O) groups is 2. The maximum absolute atomic E-state index is 11.9. The van der Waals surface area contributed by atoms with Gasteiger partial charge in [-0.15, -0.1) is 0 Å². The molecule has 1 atom stereocenters. The Morgan fingerprint density at radius 1 is 1.56 bits per heavy atom. The van der Waals surface area contributed by atoms with E-state index in [9.17, 15) is 9.59 Å². The number of hydrogen-bond donors (Lipinski definition) is 2. The van der Waals surface area contributed by atoms with E-state index in [0.717, 1.165) is 12.8 Å². The van der Waals surface area contributed by atoms with Crippen molar-refractivity contribution in [2.45, 2.75) is 25.3 Å². The lowest BCUT2D eigenvalue weighted by Gasteiger charge is -2.16. The second-order valence-corrected chi connectivity index (χ2v) is 4.77. The van der Waals surface area contributed by atoms with Crippen LogP contribution in [-0.2, 0) is 4.79 Å². The van der Waals surface area contributed by atoms with Gasteiger partial charge in [0.15, 0.2) is 0 Å². The molecule has 0 aliphatic heterocycles. The first-order valence-corrected chi connectivity index (χ1v) is 6.08. The van der Waals surface area contributed by atoms with Crippen molar-refractivity contribution >= 4 is 23.5 Å². The number of aromatic nitrogens is 1. The fraction of sp³-hybridized carbons (Fsp3) is 0.417. The molecule has 0 radical (unpaired) electrons. The van der Waals surface area contributed by atoms with Crippen LogP contribution in [0.3, 0.4) is 0 Å². The van der Waals surface area contributed by atoms with Crippen LogP contribution in [0.5, 0.6) is 0 Å². The van der Waals surface area contributed by atoms with Crippen molar-refractivity contribution in [2.75, 3.05) is 0 Å². The SMILES string of the molecule is O=C(O)CC(NC(=O)c1ccnc(Cl)c1)C1CC1.